The minimum Gasteiger partial charge on any atom is -0.325 e. The highest BCUT2D eigenvalue weighted by Crippen LogP contribution is 2.28. The zero-order valence-corrected chi connectivity index (χ0v) is 18.4. The standard InChI is InChI=1S/C23H32N4OS/c1-4-14-27-21(13-11-19-8-6-5-7-9-19)25-26-23(27)29-16-22(28)24-20-12-10-17(2)18(3)15-20/h4,10,12,15,19H,1,5-9,11,13-14,16H2,2-3H3,(H,24,28). The number of anilines is 1. The van der Waals surface area contributed by atoms with Crippen LogP contribution in [0.3, 0.4) is 0 Å². The number of thioether (sulfide) groups is 1. The lowest BCUT2D eigenvalue weighted by molar-refractivity contribution is -0.113. The van der Waals surface area contributed by atoms with Gasteiger partial charge in [0.1, 0.15) is 5.82 Å². The molecule has 1 aromatic heterocycles. The molecule has 3 rings (SSSR count). The van der Waals surface area contributed by atoms with E-state index in [1.54, 1.807) is 0 Å². The van der Waals surface area contributed by atoms with Gasteiger partial charge < -0.3 is 9.88 Å². The molecule has 0 unspecified atom stereocenters. The number of amides is 1. The third-order valence-corrected chi connectivity index (χ3v) is 6.70. The highest BCUT2D eigenvalue weighted by Gasteiger charge is 2.17. The smallest absolute Gasteiger partial charge is 0.234 e. The molecule has 1 fully saturated rings. The van der Waals surface area contributed by atoms with E-state index in [1.165, 1.54) is 61.4 Å². The molecule has 0 atom stereocenters. The first-order valence-electron chi connectivity index (χ1n) is 10.6. The van der Waals surface area contributed by atoms with E-state index in [0.29, 0.717) is 12.3 Å². The molecule has 1 saturated carbocycles. The predicted octanol–water partition coefficient (Wildman–Crippen LogP) is 5.32. The van der Waals surface area contributed by atoms with Crippen LogP contribution in [0.5, 0.6) is 0 Å². The van der Waals surface area contributed by atoms with Crippen LogP contribution in [0.1, 0.15) is 55.5 Å². The van der Waals surface area contributed by atoms with Gasteiger partial charge in [0.2, 0.25) is 5.91 Å². The van der Waals surface area contributed by atoms with Crippen molar-refractivity contribution in [1.29, 1.82) is 0 Å². The summed E-state index contributed by atoms with van der Waals surface area (Å²) in [6.45, 7) is 8.66. The molecule has 156 valence electrons. The SMILES string of the molecule is C=CCn1c(CCC2CCCCC2)nnc1SCC(=O)Nc1ccc(C)c(C)c1. The maximum atomic E-state index is 12.4. The van der Waals surface area contributed by atoms with Gasteiger partial charge in [-0.25, -0.2) is 0 Å². The number of hydrogen-bond donors (Lipinski definition) is 1. The average Bonchev–Trinajstić information content (AvgIpc) is 3.10. The Labute approximate surface area is 178 Å². The van der Waals surface area contributed by atoms with Crippen LogP contribution in [0.2, 0.25) is 0 Å². The molecule has 0 radical (unpaired) electrons. The zero-order chi connectivity index (χ0) is 20.6. The minimum absolute atomic E-state index is 0.0323. The molecule has 1 aromatic carbocycles. The molecular weight excluding hydrogens is 380 g/mol. The molecule has 1 aliphatic carbocycles. The molecule has 1 N–H and O–H groups in total. The molecule has 0 aliphatic heterocycles. The number of nitrogens with one attached hydrogen (secondary N) is 1. The van der Waals surface area contributed by atoms with E-state index in [4.69, 9.17) is 0 Å². The second kappa shape index (κ2) is 10.6. The van der Waals surface area contributed by atoms with E-state index >= 15 is 0 Å². The lowest BCUT2D eigenvalue weighted by atomic mass is 9.86. The highest BCUT2D eigenvalue weighted by atomic mass is 32.2. The van der Waals surface area contributed by atoms with E-state index in [1.807, 2.05) is 31.2 Å². The van der Waals surface area contributed by atoms with Gasteiger partial charge in [-0.1, -0.05) is 56.0 Å². The lowest BCUT2D eigenvalue weighted by Gasteiger charge is -2.21. The number of carbonyl (C=O) groups excluding carboxylic acids is 1. The van der Waals surface area contributed by atoms with Crippen molar-refractivity contribution in [2.24, 2.45) is 5.92 Å². The lowest BCUT2D eigenvalue weighted by Crippen LogP contribution is -2.15. The quantitative estimate of drug-likeness (QED) is 0.447. The summed E-state index contributed by atoms with van der Waals surface area (Å²) in [5.41, 5.74) is 3.22. The normalized spacial score (nSPS) is 14.7. The van der Waals surface area contributed by atoms with Gasteiger partial charge in [0.15, 0.2) is 5.16 Å². The average molecular weight is 413 g/mol. The van der Waals surface area contributed by atoms with Crippen molar-refractivity contribution >= 4 is 23.4 Å². The Balaban J connectivity index is 1.56. The molecule has 1 amide bonds. The molecule has 0 bridgehead atoms. The van der Waals surface area contributed by atoms with Crippen molar-refractivity contribution in [2.75, 3.05) is 11.1 Å². The highest BCUT2D eigenvalue weighted by molar-refractivity contribution is 7.99. The van der Waals surface area contributed by atoms with E-state index in [-0.39, 0.29) is 5.91 Å². The molecule has 1 aliphatic rings. The summed E-state index contributed by atoms with van der Waals surface area (Å²) in [6, 6.07) is 5.97. The molecule has 0 saturated heterocycles. The molecule has 6 heteroatoms. The number of benzene rings is 1. The van der Waals surface area contributed by atoms with Gasteiger partial charge in [-0.05, 0) is 49.4 Å². The number of aromatic nitrogens is 3. The molecule has 2 aromatic rings. The van der Waals surface area contributed by atoms with Crippen LogP contribution in [0.15, 0.2) is 36.0 Å². The van der Waals surface area contributed by atoms with Gasteiger partial charge in [-0.2, -0.15) is 0 Å². The first kappa shape index (κ1) is 21.6. The Kier molecular flexibility index (Phi) is 7.92. The summed E-state index contributed by atoms with van der Waals surface area (Å²) >= 11 is 1.43. The Hall–Kier alpha value is -2.08. The van der Waals surface area contributed by atoms with Crippen LogP contribution in [0.4, 0.5) is 5.69 Å². The topological polar surface area (TPSA) is 59.8 Å². The Morgan fingerprint density at radius 3 is 2.76 bits per heavy atom. The van der Waals surface area contributed by atoms with Crippen LogP contribution >= 0.6 is 11.8 Å². The van der Waals surface area contributed by atoms with Crippen molar-refractivity contribution in [1.82, 2.24) is 14.8 Å². The summed E-state index contributed by atoms with van der Waals surface area (Å²) in [5, 5.41) is 12.5. The van der Waals surface area contributed by atoms with Gasteiger partial charge in [0, 0.05) is 18.7 Å². The van der Waals surface area contributed by atoms with Crippen LogP contribution in [0.25, 0.3) is 0 Å². The third-order valence-electron chi connectivity index (χ3n) is 5.73. The van der Waals surface area contributed by atoms with Crippen molar-refractivity contribution < 1.29 is 4.79 Å². The second-order valence-corrected chi connectivity index (χ2v) is 8.92. The Morgan fingerprint density at radius 1 is 1.24 bits per heavy atom. The van der Waals surface area contributed by atoms with Gasteiger partial charge in [0.05, 0.1) is 5.75 Å². The maximum absolute atomic E-state index is 12.4. The number of allylic oxidation sites excluding steroid dienone is 1. The number of aryl methyl sites for hydroxylation is 3. The van der Waals surface area contributed by atoms with Crippen LogP contribution in [-0.4, -0.2) is 26.4 Å². The predicted molar refractivity (Wildman–Crippen MR) is 120 cm³/mol. The molecule has 5 nitrogen and oxygen atoms in total. The van der Waals surface area contributed by atoms with Gasteiger partial charge >= 0.3 is 0 Å². The first-order valence-corrected chi connectivity index (χ1v) is 11.6. The van der Waals surface area contributed by atoms with E-state index in [2.05, 4.69) is 33.6 Å². The summed E-state index contributed by atoms with van der Waals surface area (Å²) in [5.74, 6) is 2.10. The van der Waals surface area contributed by atoms with Crippen molar-refractivity contribution in [3.05, 3.63) is 47.8 Å². The van der Waals surface area contributed by atoms with Gasteiger partial charge in [0.25, 0.3) is 0 Å². The van der Waals surface area contributed by atoms with Gasteiger partial charge in [-0.15, -0.1) is 16.8 Å². The third kappa shape index (κ3) is 6.20. The van der Waals surface area contributed by atoms with Crippen LogP contribution < -0.4 is 5.32 Å². The minimum atomic E-state index is -0.0323. The largest absolute Gasteiger partial charge is 0.325 e. The summed E-state index contributed by atoms with van der Waals surface area (Å²) in [7, 11) is 0. The van der Waals surface area contributed by atoms with Crippen molar-refractivity contribution in [3.8, 4) is 0 Å². The Bertz CT molecular complexity index is 839. The monoisotopic (exact) mass is 412 g/mol. The summed E-state index contributed by atoms with van der Waals surface area (Å²) in [6.07, 6.45) is 10.8. The number of hydrogen-bond acceptors (Lipinski definition) is 4. The van der Waals surface area contributed by atoms with Crippen LogP contribution in [0, 0.1) is 19.8 Å². The number of rotatable bonds is 9. The molecule has 29 heavy (non-hydrogen) atoms. The fraction of sp³-hybridized carbons (Fsp3) is 0.522. The summed E-state index contributed by atoms with van der Waals surface area (Å²) < 4.78 is 2.10. The number of nitrogens with zero attached hydrogens (tertiary/aromatic N) is 3. The zero-order valence-electron chi connectivity index (χ0n) is 17.6. The fourth-order valence-corrected chi connectivity index (χ4v) is 4.65. The fourth-order valence-electron chi connectivity index (χ4n) is 3.88. The van der Waals surface area contributed by atoms with E-state index in [9.17, 15) is 4.79 Å². The maximum Gasteiger partial charge on any atom is 0.234 e. The van der Waals surface area contributed by atoms with Crippen LogP contribution in [-0.2, 0) is 17.8 Å². The van der Waals surface area contributed by atoms with E-state index in [0.717, 1.165) is 29.0 Å². The second-order valence-electron chi connectivity index (χ2n) is 7.98. The molecular formula is C23H32N4OS. The van der Waals surface area contributed by atoms with E-state index < -0.39 is 0 Å². The van der Waals surface area contributed by atoms with Gasteiger partial charge in [-0.3, -0.25) is 4.79 Å². The Morgan fingerprint density at radius 2 is 2.03 bits per heavy atom. The van der Waals surface area contributed by atoms with Crippen molar-refractivity contribution in [2.45, 2.75) is 70.5 Å². The molecule has 0 spiro atoms. The summed E-state index contributed by atoms with van der Waals surface area (Å²) in [4.78, 5) is 12.4. The van der Waals surface area contributed by atoms with Crippen molar-refractivity contribution in [3.63, 3.8) is 0 Å². The molecule has 1 heterocycles. The number of carbonyl (C=O) groups is 1. The first-order chi connectivity index (χ1) is 14.1.